The average Bonchev–Trinajstić information content (AvgIpc) is 3.40. The maximum atomic E-state index is 12.8. The molecule has 1 aromatic carbocycles. The summed E-state index contributed by atoms with van der Waals surface area (Å²) in [4.78, 5) is 12.8. The molecule has 4 aliphatic rings. The van der Waals surface area contributed by atoms with Crippen LogP contribution in [0, 0.1) is 5.92 Å². The van der Waals surface area contributed by atoms with Gasteiger partial charge in [-0.05, 0) is 39.2 Å². The molecule has 3 heterocycles. The van der Waals surface area contributed by atoms with Gasteiger partial charge in [0.2, 0.25) is 12.6 Å². The molecule has 2 saturated heterocycles. The molecule has 4 atom stereocenters. The van der Waals surface area contributed by atoms with Crippen molar-refractivity contribution in [1.29, 1.82) is 0 Å². The molecule has 1 saturated carbocycles. The Balaban J connectivity index is 1.42. The van der Waals surface area contributed by atoms with Crippen LogP contribution < -0.4 is 14.2 Å². The molecule has 0 spiro atoms. The van der Waals surface area contributed by atoms with Crippen molar-refractivity contribution in [2.24, 2.45) is 5.92 Å². The number of ketones is 1. The highest BCUT2D eigenvalue weighted by molar-refractivity contribution is 5.83. The van der Waals surface area contributed by atoms with Crippen molar-refractivity contribution >= 4 is 5.78 Å². The van der Waals surface area contributed by atoms with Crippen molar-refractivity contribution in [1.82, 2.24) is 0 Å². The smallest absolute Gasteiger partial charge is 0.231 e. The van der Waals surface area contributed by atoms with Crippen LogP contribution in [0.3, 0.4) is 0 Å². The first-order chi connectivity index (χ1) is 15.3. The molecule has 4 unspecified atom stereocenters. The van der Waals surface area contributed by atoms with E-state index in [1.54, 1.807) is 6.08 Å². The zero-order chi connectivity index (χ0) is 22.6. The first-order valence-electron chi connectivity index (χ1n) is 11.1. The van der Waals surface area contributed by atoms with E-state index < -0.39 is 17.0 Å². The van der Waals surface area contributed by atoms with Crippen LogP contribution in [0.2, 0.25) is 0 Å². The van der Waals surface area contributed by atoms with Crippen LogP contribution in [-0.4, -0.2) is 42.5 Å². The van der Waals surface area contributed by atoms with E-state index in [9.17, 15) is 4.79 Å². The minimum Gasteiger partial charge on any atom is -0.485 e. The van der Waals surface area contributed by atoms with Crippen molar-refractivity contribution in [3.8, 4) is 17.2 Å². The third-order valence-corrected chi connectivity index (χ3v) is 7.13. The fourth-order valence-electron chi connectivity index (χ4n) is 5.37. The first kappa shape index (κ1) is 21.5. The summed E-state index contributed by atoms with van der Waals surface area (Å²) in [6.07, 6.45) is 5.89. The van der Waals surface area contributed by atoms with Gasteiger partial charge in [0.05, 0.1) is 6.42 Å². The van der Waals surface area contributed by atoms with Crippen molar-refractivity contribution < 1.29 is 33.2 Å². The zero-order valence-corrected chi connectivity index (χ0v) is 18.7. The number of hydrogen-bond acceptors (Lipinski definition) is 7. The molecule has 7 nitrogen and oxygen atoms in total. The molecular weight excluding hydrogens is 412 g/mol. The van der Waals surface area contributed by atoms with Gasteiger partial charge in [-0.1, -0.05) is 12.2 Å². The Kier molecular flexibility index (Phi) is 5.11. The lowest BCUT2D eigenvalue weighted by Crippen LogP contribution is -2.55. The minimum absolute atomic E-state index is 0.123. The van der Waals surface area contributed by atoms with E-state index in [4.69, 9.17) is 28.4 Å². The van der Waals surface area contributed by atoms with Gasteiger partial charge in [0.1, 0.15) is 28.8 Å². The van der Waals surface area contributed by atoms with Crippen molar-refractivity contribution in [3.05, 3.63) is 43.0 Å². The summed E-state index contributed by atoms with van der Waals surface area (Å²) in [5.41, 5.74) is -0.418. The number of fused-ring (bicyclic) bond motifs is 1. The van der Waals surface area contributed by atoms with Gasteiger partial charge in [0.25, 0.3) is 0 Å². The molecule has 32 heavy (non-hydrogen) atoms. The highest BCUT2D eigenvalue weighted by Crippen LogP contribution is 2.58. The van der Waals surface area contributed by atoms with Gasteiger partial charge in [0.15, 0.2) is 18.3 Å². The normalized spacial score (nSPS) is 33.0. The number of carbonyl (C=O) groups is 1. The van der Waals surface area contributed by atoms with Gasteiger partial charge in [-0.15, -0.1) is 13.2 Å². The van der Waals surface area contributed by atoms with E-state index in [2.05, 4.69) is 13.2 Å². The van der Waals surface area contributed by atoms with E-state index in [0.29, 0.717) is 42.9 Å². The molecule has 3 aliphatic heterocycles. The van der Waals surface area contributed by atoms with E-state index in [0.717, 1.165) is 5.56 Å². The predicted octanol–water partition coefficient (Wildman–Crippen LogP) is 4.08. The lowest BCUT2D eigenvalue weighted by atomic mass is 9.70. The molecule has 1 aliphatic carbocycles. The number of ether oxygens (including phenoxy) is 6. The molecule has 0 aromatic heterocycles. The van der Waals surface area contributed by atoms with Gasteiger partial charge in [-0.2, -0.15) is 0 Å². The topological polar surface area (TPSA) is 72.5 Å². The predicted molar refractivity (Wildman–Crippen MR) is 116 cm³/mol. The maximum Gasteiger partial charge on any atom is 0.231 e. The summed E-state index contributed by atoms with van der Waals surface area (Å²) < 4.78 is 36.2. The molecule has 0 amide bonds. The van der Waals surface area contributed by atoms with Gasteiger partial charge in [-0.3, -0.25) is 4.79 Å². The molecule has 5 rings (SSSR count). The van der Waals surface area contributed by atoms with Gasteiger partial charge < -0.3 is 28.4 Å². The van der Waals surface area contributed by atoms with Gasteiger partial charge in [0, 0.05) is 24.0 Å². The Morgan fingerprint density at radius 3 is 2.66 bits per heavy atom. The second kappa shape index (κ2) is 7.61. The van der Waals surface area contributed by atoms with Crippen molar-refractivity contribution in [3.63, 3.8) is 0 Å². The van der Waals surface area contributed by atoms with Crippen LogP contribution in [0.15, 0.2) is 37.4 Å². The Hall–Kier alpha value is -2.35. The second-order valence-corrected chi connectivity index (χ2v) is 9.54. The van der Waals surface area contributed by atoms with Crippen LogP contribution in [0.25, 0.3) is 0 Å². The summed E-state index contributed by atoms with van der Waals surface area (Å²) in [5.74, 6) is 1.02. The average molecular weight is 443 g/mol. The lowest BCUT2D eigenvalue weighted by molar-refractivity contribution is -0.245. The van der Waals surface area contributed by atoms with E-state index in [-0.39, 0.29) is 37.8 Å². The molecule has 172 valence electrons. The van der Waals surface area contributed by atoms with Crippen LogP contribution in [0.5, 0.6) is 17.2 Å². The number of carbonyl (C=O) groups excluding carboxylic acids is 1. The fourth-order valence-corrected chi connectivity index (χ4v) is 5.37. The highest BCUT2D eigenvalue weighted by Gasteiger charge is 2.71. The molecule has 1 aromatic rings. The van der Waals surface area contributed by atoms with Crippen LogP contribution >= 0.6 is 0 Å². The lowest BCUT2D eigenvalue weighted by Gasteiger charge is -2.41. The number of benzene rings is 1. The largest absolute Gasteiger partial charge is 0.485 e. The monoisotopic (exact) mass is 442 g/mol. The quantitative estimate of drug-likeness (QED) is 0.589. The third-order valence-electron chi connectivity index (χ3n) is 7.13. The standard InChI is InChI=1S/C25H30O7/c1-5-7-16-9-20-21(28-14-27-20)10-19(16)31-23(3,4)22-13-24-11-17(8-6-2)18(26)12-25(24,32-22)30-15-29-24/h5-6,9-10,17,22H,1-2,7-8,11-15H2,3-4H3. The minimum atomic E-state index is -1.05. The van der Waals surface area contributed by atoms with Crippen LogP contribution in [0.1, 0.15) is 45.1 Å². The van der Waals surface area contributed by atoms with Crippen LogP contribution in [-0.2, 0) is 25.4 Å². The Bertz CT molecular complexity index is 954. The van der Waals surface area contributed by atoms with Crippen LogP contribution in [0.4, 0.5) is 0 Å². The number of allylic oxidation sites excluding steroid dienone is 2. The van der Waals surface area contributed by atoms with Crippen molar-refractivity contribution in [2.45, 2.75) is 69.0 Å². The van der Waals surface area contributed by atoms with E-state index in [1.165, 1.54) is 0 Å². The number of Topliss-reactive ketones (excluding diaryl/α,β-unsaturated/α-hetero) is 1. The zero-order valence-electron chi connectivity index (χ0n) is 18.7. The summed E-state index contributed by atoms with van der Waals surface area (Å²) >= 11 is 0. The summed E-state index contributed by atoms with van der Waals surface area (Å²) in [7, 11) is 0. The highest BCUT2D eigenvalue weighted by atomic mass is 16.8. The van der Waals surface area contributed by atoms with Crippen molar-refractivity contribution in [2.75, 3.05) is 13.6 Å². The van der Waals surface area contributed by atoms with E-state index in [1.807, 2.05) is 32.1 Å². The van der Waals surface area contributed by atoms with Gasteiger partial charge in [-0.25, -0.2) is 0 Å². The summed E-state index contributed by atoms with van der Waals surface area (Å²) in [5, 5.41) is 0. The third kappa shape index (κ3) is 3.26. The Morgan fingerprint density at radius 1 is 1.12 bits per heavy atom. The molecule has 0 radical (unpaired) electrons. The SMILES string of the molecule is C=CCc1cc2c(cc1OC(C)(C)C1CC34CC(CC=C)C(=O)CC3(OCO4)O1)OCO2. The molecular formula is C25H30O7. The molecule has 7 heteroatoms. The van der Waals surface area contributed by atoms with Gasteiger partial charge >= 0.3 is 0 Å². The summed E-state index contributed by atoms with van der Waals surface area (Å²) in [6, 6.07) is 3.79. The molecule has 3 fully saturated rings. The Labute approximate surface area is 188 Å². The Morgan fingerprint density at radius 2 is 1.91 bits per heavy atom. The maximum absolute atomic E-state index is 12.8. The summed E-state index contributed by atoms with van der Waals surface area (Å²) in [6.45, 7) is 12.0. The van der Waals surface area contributed by atoms with E-state index >= 15 is 0 Å². The number of hydrogen-bond donors (Lipinski definition) is 0. The molecule has 0 N–H and O–H groups in total. The first-order valence-corrected chi connectivity index (χ1v) is 11.1. The molecule has 0 bridgehead atoms. The fraction of sp³-hybridized carbons (Fsp3) is 0.560. The number of rotatable bonds is 7. The second-order valence-electron chi connectivity index (χ2n) is 9.54.